The number of carbonyl (C=O) groups excluding carboxylic acids is 1. The molecule has 0 radical (unpaired) electrons. The van der Waals surface area contributed by atoms with Crippen molar-refractivity contribution in [1.29, 1.82) is 0 Å². The highest BCUT2D eigenvalue weighted by Crippen LogP contribution is 2.21. The van der Waals surface area contributed by atoms with Crippen LogP contribution in [0.3, 0.4) is 0 Å². The van der Waals surface area contributed by atoms with Crippen molar-refractivity contribution in [2.75, 3.05) is 6.54 Å². The Bertz CT molecular complexity index is 352. The van der Waals surface area contributed by atoms with Crippen molar-refractivity contribution in [3.05, 3.63) is 0 Å². The summed E-state index contributed by atoms with van der Waals surface area (Å²) in [4.78, 5) is 23.1. The van der Waals surface area contributed by atoms with Crippen LogP contribution in [-0.4, -0.2) is 40.7 Å². The van der Waals surface area contributed by atoms with Gasteiger partial charge in [-0.2, -0.15) is 0 Å². The lowest BCUT2D eigenvalue weighted by Gasteiger charge is -2.38. The molecule has 3 atom stereocenters. The Morgan fingerprint density at radius 3 is 2.30 bits per heavy atom. The van der Waals surface area contributed by atoms with Crippen molar-refractivity contribution in [3.63, 3.8) is 0 Å². The molecule has 1 aliphatic heterocycles. The molecule has 0 aromatic carbocycles. The van der Waals surface area contributed by atoms with Gasteiger partial charge in [-0.05, 0) is 40.0 Å². The first-order valence-electron chi connectivity index (χ1n) is 7.36. The van der Waals surface area contributed by atoms with Crippen LogP contribution in [0.2, 0.25) is 0 Å². The van der Waals surface area contributed by atoms with E-state index in [1.54, 1.807) is 6.92 Å². The first-order valence-corrected chi connectivity index (χ1v) is 7.36. The van der Waals surface area contributed by atoms with Crippen LogP contribution in [0.1, 0.15) is 53.4 Å². The molecule has 0 saturated carbocycles. The summed E-state index contributed by atoms with van der Waals surface area (Å²) in [6, 6.07) is 0.287. The normalized spacial score (nSPS) is 26.6. The molecule has 6 heteroatoms. The minimum atomic E-state index is -0.920. The Kier molecular flexibility index (Phi) is 5.80. The second kappa shape index (κ2) is 6.92. The van der Waals surface area contributed by atoms with Crippen molar-refractivity contribution >= 4 is 12.0 Å². The highest BCUT2D eigenvalue weighted by molar-refractivity contribution is 5.77. The molecule has 0 spiro atoms. The predicted molar refractivity (Wildman–Crippen MR) is 77.2 cm³/mol. The number of piperidine rings is 1. The molecule has 3 N–H and O–H groups in total. The van der Waals surface area contributed by atoms with Crippen LogP contribution in [-0.2, 0) is 4.79 Å². The molecular formula is C14H27N3O3. The van der Waals surface area contributed by atoms with E-state index in [4.69, 9.17) is 5.11 Å². The average Bonchev–Trinajstić information content (AvgIpc) is 2.40. The molecule has 0 bridgehead atoms. The summed E-state index contributed by atoms with van der Waals surface area (Å²) in [7, 11) is 0. The van der Waals surface area contributed by atoms with E-state index in [-0.39, 0.29) is 12.6 Å². The van der Waals surface area contributed by atoms with Crippen LogP contribution < -0.4 is 10.7 Å². The number of carbonyl (C=O) groups is 2. The number of hydrazine groups is 1. The van der Waals surface area contributed by atoms with Gasteiger partial charge in [0.1, 0.15) is 0 Å². The van der Waals surface area contributed by atoms with Gasteiger partial charge in [0.25, 0.3) is 0 Å². The molecule has 116 valence electrons. The number of carboxylic acid groups (broad SMARTS) is 1. The molecule has 0 aromatic heterocycles. The first kappa shape index (κ1) is 16.8. The number of aliphatic carboxylic acids is 1. The van der Waals surface area contributed by atoms with Gasteiger partial charge in [-0.1, -0.05) is 13.3 Å². The summed E-state index contributed by atoms with van der Waals surface area (Å²) in [6.07, 6.45) is 3.77. The zero-order valence-electron chi connectivity index (χ0n) is 12.9. The highest BCUT2D eigenvalue weighted by Gasteiger charge is 2.32. The quantitative estimate of drug-likeness (QED) is 0.721. The van der Waals surface area contributed by atoms with Gasteiger partial charge in [0, 0.05) is 18.6 Å². The van der Waals surface area contributed by atoms with Gasteiger partial charge >= 0.3 is 12.0 Å². The van der Waals surface area contributed by atoms with Crippen LogP contribution in [0.25, 0.3) is 0 Å². The van der Waals surface area contributed by atoms with E-state index >= 15 is 0 Å². The van der Waals surface area contributed by atoms with E-state index in [2.05, 4.69) is 24.6 Å². The number of nitrogens with one attached hydrogen (secondary N) is 2. The molecule has 0 aliphatic carbocycles. The van der Waals surface area contributed by atoms with Crippen molar-refractivity contribution in [3.8, 4) is 0 Å². The second-order valence-corrected chi connectivity index (χ2v) is 6.05. The summed E-state index contributed by atoms with van der Waals surface area (Å²) in [5, 5.41) is 13.8. The zero-order chi connectivity index (χ0) is 15.3. The van der Waals surface area contributed by atoms with Crippen LogP contribution in [0, 0.1) is 5.41 Å². The maximum absolute atomic E-state index is 11.9. The third-order valence-corrected chi connectivity index (χ3v) is 4.36. The van der Waals surface area contributed by atoms with Crippen molar-refractivity contribution in [2.24, 2.45) is 5.41 Å². The van der Waals surface area contributed by atoms with E-state index in [1.165, 1.54) is 6.42 Å². The van der Waals surface area contributed by atoms with Crippen LogP contribution >= 0.6 is 0 Å². The van der Waals surface area contributed by atoms with Crippen LogP contribution in [0.15, 0.2) is 0 Å². The number of urea groups is 1. The minimum absolute atomic E-state index is 0.126. The van der Waals surface area contributed by atoms with Crippen molar-refractivity contribution in [2.45, 2.75) is 65.5 Å². The van der Waals surface area contributed by atoms with Gasteiger partial charge in [-0.25, -0.2) is 9.80 Å². The van der Waals surface area contributed by atoms with E-state index in [0.717, 1.165) is 12.8 Å². The topological polar surface area (TPSA) is 81.7 Å². The predicted octanol–water partition coefficient (Wildman–Crippen LogP) is 1.96. The lowest BCUT2D eigenvalue weighted by atomic mass is 9.88. The van der Waals surface area contributed by atoms with Crippen LogP contribution in [0.4, 0.5) is 4.79 Å². The smallest absolute Gasteiger partial charge is 0.329 e. The monoisotopic (exact) mass is 285 g/mol. The third-order valence-electron chi connectivity index (χ3n) is 4.36. The number of rotatable bonds is 5. The number of amides is 2. The molecule has 1 saturated heterocycles. The summed E-state index contributed by atoms with van der Waals surface area (Å²) < 4.78 is 0. The number of hydrogen-bond acceptors (Lipinski definition) is 3. The fourth-order valence-corrected chi connectivity index (χ4v) is 2.43. The molecule has 1 aliphatic rings. The molecule has 6 nitrogen and oxygen atoms in total. The van der Waals surface area contributed by atoms with Gasteiger partial charge in [0.05, 0.1) is 5.41 Å². The Morgan fingerprint density at radius 1 is 1.30 bits per heavy atom. The van der Waals surface area contributed by atoms with E-state index < -0.39 is 11.4 Å². The number of nitrogens with zero attached hydrogens (tertiary/aromatic N) is 1. The van der Waals surface area contributed by atoms with E-state index in [1.807, 2.05) is 11.9 Å². The SMILES string of the molecule is CCC(C)(CNC(=O)NN1C(C)CCCC1C)C(=O)O. The summed E-state index contributed by atoms with van der Waals surface area (Å²) in [6.45, 7) is 7.75. The fourth-order valence-electron chi connectivity index (χ4n) is 2.43. The molecule has 1 heterocycles. The highest BCUT2D eigenvalue weighted by atomic mass is 16.4. The van der Waals surface area contributed by atoms with Gasteiger partial charge < -0.3 is 10.4 Å². The standard InChI is InChI=1S/C14H27N3O3/c1-5-14(4,12(18)19)9-15-13(20)16-17-10(2)7-6-8-11(17)3/h10-11H,5-9H2,1-4H3,(H,18,19)(H2,15,16,20). The Morgan fingerprint density at radius 2 is 1.85 bits per heavy atom. The first-order chi connectivity index (χ1) is 9.30. The summed E-state index contributed by atoms with van der Waals surface area (Å²) in [5.74, 6) is -0.889. The number of hydrogen-bond donors (Lipinski definition) is 3. The number of carboxylic acids is 1. The van der Waals surface area contributed by atoms with E-state index in [0.29, 0.717) is 18.5 Å². The van der Waals surface area contributed by atoms with E-state index in [9.17, 15) is 9.59 Å². The molecular weight excluding hydrogens is 258 g/mol. The molecule has 2 amide bonds. The maximum Gasteiger partial charge on any atom is 0.329 e. The van der Waals surface area contributed by atoms with Gasteiger partial charge in [0.15, 0.2) is 0 Å². The van der Waals surface area contributed by atoms with Crippen LogP contribution in [0.5, 0.6) is 0 Å². The lowest BCUT2D eigenvalue weighted by Crippen LogP contribution is -2.57. The largest absolute Gasteiger partial charge is 0.481 e. The van der Waals surface area contributed by atoms with Crippen molar-refractivity contribution < 1.29 is 14.7 Å². The summed E-state index contributed by atoms with van der Waals surface area (Å²) in [5.41, 5.74) is 1.92. The molecule has 0 aromatic rings. The fraction of sp³-hybridized carbons (Fsp3) is 0.857. The maximum atomic E-state index is 11.9. The lowest BCUT2D eigenvalue weighted by molar-refractivity contribution is -0.147. The third kappa shape index (κ3) is 4.10. The Hall–Kier alpha value is -1.30. The van der Waals surface area contributed by atoms with Gasteiger partial charge in [-0.3, -0.25) is 10.2 Å². The van der Waals surface area contributed by atoms with Gasteiger partial charge in [-0.15, -0.1) is 0 Å². The van der Waals surface area contributed by atoms with Gasteiger partial charge in [0.2, 0.25) is 0 Å². The minimum Gasteiger partial charge on any atom is -0.481 e. The molecule has 3 unspecified atom stereocenters. The summed E-state index contributed by atoms with van der Waals surface area (Å²) >= 11 is 0. The average molecular weight is 285 g/mol. The Balaban J connectivity index is 2.49. The molecule has 1 rings (SSSR count). The Labute approximate surface area is 120 Å². The zero-order valence-corrected chi connectivity index (χ0v) is 12.9. The van der Waals surface area contributed by atoms with Crippen molar-refractivity contribution in [1.82, 2.24) is 15.8 Å². The molecule has 20 heavy (non-hydrogen) atoms. The molecule has 1 fully saturated rings. The second-order valence-electron chi connectivity index (χ2n) is 6.05.